The van der Waals surface area contributed by atoms with E-state index in [1.807, 2.05) is 30.5 Å². The lowest BCUT2D eigenvalue weighted by Gasteiger charge is -2.39. The average Bonchev–Trinajstić information content (AvgIpc) is 2.88. The first-order valence-electron chi connectivity index (χ1n) is 11.6. The van der Waals surface area contributed by atoms with E-state index in [0.29, 0.717) is 36.0 Å². The molecule has 33 heavy (non-hydrogen) atoms. The molecule has 5 rings (SSSR count). The number of allylic oxidation sites excluding steroid dienone is 3. The number of pyridine rings is 1. The topological polar surface area (TPSA) is 42.4 Å². The molecule has 1 N–H and O–H groups in total. The third kappa shape index (κ3) is 4.84. The van der Waals surface area contributed by atoms with Gasteiger partial charge in [-0.15, -0.1) is 11.6 Å². The zero-order chi connectivity index (χ0) is 22.6. The van der Waals surface area contributed by atoms with Crippen LogP contribution in [0.15, 0.2) is 90.8 Å². The third-order valence-corrected chi connectivity index (χ3v) is 7.13. The van der Waals surface area contributed by atoms with E-state index in [4.69, 9.17) is 16.3 Å². The molecule has 0 bridgehead atoms. The van der Waals surface area contributed by atoms with E-state index in [0.717, 1.165) is 36.3 Å². The molecule has 168 valence electrons. The number of aromatic hydroxyl groups is 1. The predicted octanol–water partition coefficient (Wildman–Crippen LogP) is 7.02. The van der Waals surface area contributed by atoms with Gasteiger partial charge in [0.05, 0.1) is 11.6 Å². The number of hydrogen-bond acceptors (Lipinski definition) is 3. The van der Waals surface area contributed by atoms with Crippen molar-refractivity contribution >= 4 is 11.6 Å². The number of alkyl halides is 1. The summed E-state index contributed by atoms with van der Waals surface area (Å²) in [5.74, 6) is 2.90. The van der Waals surface area contributed by atoms with Crippen LogP contribution in [0.3, 0.4) is 0 Å². The van der Waals surface area contributed by atoms with Gasteiger partial charge in [-0.25, -0.2) is 0 Å². The van der Waals surface area contributed by atoms with Crippen LogP contribution in [-0.2, 0) is 23.6 Å². The van der Waals surface area contributed by atoms with Crippen molar-refractivity contribution in [2.45, 2.75) is 43.6 Å². The lowest BCUT2D eigenvalue weighted by atomic mass is 9.65. The molecule has 4 heteroatoms. The summed E-state index contributed by atoms with van der Waals surface area (Å²) in [7, 11) is 0. The smallest absolute Gasteiger partial charge is 0.115 e. The van der Waals surface area contributed by atoms with Crippen molar-refractivity contribution in [1.29, 1.82) is 0 Å². The Bertz CT molecular complexity index is 1150. The SMILES string of the molecule is Oc1ccc2c(c1)CC[C@H](c1ccccc1)[C@@H]2C1C=CC(OCc2ccc(CCl)nc2)=CC1. The summed E-state index contributed by atoms with van der Waals surface area (Å²) in [6.45, 7) is 0.495. The number of fused-ring (bicyclic) bond motifs is 1. The Kier molecular flexibility index (Phi) is 6.50. The van der Waals surface area contributed by atoms with E-state index in [9.17, 15) is 5.11 Å². The molecule has 1 unspecified atom stereocenters. The summed E-state index contributed by atoms with van der Waals surface area (Å²) in [5, 5.41) is 10.0. The summed E-state index contributed by atoms with van der Waals surface area (Å²) in [6, 6.07) is 20.7. The maximum Gasteiger partial charge on any atom is 0.115 e. The Labute approximate surface area is 200 Å². The normalized spacial score (nSPS) is 21.8. The first kappa shape index (κ1) is 21.8. The van der Waals surface area contributed by atoms with Crippen LogP contribution in [0.4, 0.5) is 0 Å². The van der Waals surface area contributed by atoms with Crippen LogP contribution in [-0.4, -0.2) is 10.1 Å². The molecule has 1 heterocycles. The molecular weight excluding hydrogens is 430 g/mol. The van der Waals surface area contributed by atoms with Crippen LogP contribution < -0.4 is 0 Å². The van der Waals surface area contributed by atoms with Gasteiger partial charge in [-0.05, 0) is 84.1 Å². The standard InChI is InChI=1S/C29H28ClNO2/c30-17-24-10-6-20(18-31-24)19-33-26-12-7-22(8-13-26)29-27(21-4-2-1-3-5-21)14-9-23-16-25(32)11-15-28(23)29/h1-7,10-13,15-16,18,22,27,29,32H,8-9,14,17,19H2/t22?,27-,29+/m1/s1. The minimum atomic E-state index is 0.356. The number of benzene rings is 2. The summed E-state index contributed by atoms with van der Waals surface area (Å²) >= 11 is 5.82. The van der Waals surface area contributed by atoms with Crippen LogP contribution in [0.5, 0.6) is 5.75 Å². The summed E-state index contributed by atoms with van der Waals surface area (Å²) in [4.78, 5) is 4.33. The summed E-state index contributed by atoms with van der Waals surface area (Å²) in [6.07, 6.45) is 11.5. The zero-order valence-corrected chi connectivity index (χ0v) is 19.3. The van der Waals surface area contributed by atoms with Gasteiger partial charge in [0.15, 0.2) is 0 Å². The van der Waals surface area contributed by atoms with Crippen molar-refractivity contribution < 1.29 is 9.84 Å². The van der Waals surface area contributed by atoms with Gasteiger partial charge < -0.3 is 9.84 Å². The van der Waals surface area contributed by atoms with Crippen LogP contribution in [0.2, 0.25) is 0 Å². The van der Waals surface area contributed by atoms with Gasteiger partial charge in [0.1, 0.15) is 18.1 Å². The minimum Gasteiger partial charge on any atom is -0.508 e. The van der Waals surface area contributed by atoms with Crippen LogP contribution in [0.1, 0.15) is 52.6 Å². The monoisotopic (exact) mass is 457 g/mol. The number of phenols is 1. The van der Waals surface area contributed by atoms with E-state index >= 15 is 0 Å². The van der Waals surface area contributed by atoms with E-state index in [-0.39, 0.29) is 0 Å². The highest BCUT2D eigenvalue weighted by molar-refractivity contribution is 6.16. The number of aryl methyl sites for hydroxylation is 1. The second kappa shape index (κ2) is 9.84. The molecule has 3 nitrogen and oxygen atoms in total. The number of halogens is 1. The fourth-order valence-corrected chi connectivity index (χ4v) is 5.38. The second-order valence-corrected chi connectivity index (χ2v) is 9.18. The number of rotatable bonds is 6. The highest BCUT2D eigenvalue weighted by atomic mass is 35.5. The molecule has 2 aliphatic carbocycles. The number of phenolic OH excluding ortho intramolecular Hbond substituents is 1. The zero-order valence-electron chi connectivity index (χ0n) is 18.5. The molecule has 0 spiro atoms. The van der Waals surface area contributed by atoms with Crippen molar-refractivity contribution in [2.75, 3.05) is 0 Å². The van der Waals surface area contributed by atoms with Crippen molar-refractivity contribution in [3.05, 3.63) is 119 Å². The second-order valence-electron chi connectivity index (χ2n) is 8.91. The van der Waals surface area contributed by atoms with Gasteiger partial charge in [0.25, 0.3) is 0 Å². The van der Waals surface area contributed by atoms with E-state index < -0.39 is 0 Å². The largest absolute Gasteiger partial charge is 0.508 e. The van der Waals surface area contributed by atoms with E-state index in [2.05, 4.69) is 59.6 Å². The van der Waals surface area contributed by atoms with Crippen molar-refractivity contribution in [1.82, 2.24) is 4.98 Å². The lowest BCUT2D eigenvalue weighted by Crippen LogP contribution is -2.25. The van der Waals surface area contributed by atoms with Crippen LogP contribution in [0.25, 0.3) is 0 Å². The minimum absolute atomic E-state index is 0.356. The molecular formula is C29H28ClNO2. The molecule has 0 radical (unpaired) electrons. The van der Waals surface area contributed by atoms with Gasteiger partial charge >= 0.3 is 0 Å². The maximum atomic E-state index is 10.0. The first-order chi connectivity index (χ1) is 16.2. The molecule has 0 aliphatic heterocycles. The molecule has 3 atom stereocenters. The summed E-state index contributed by atoms with van der Waals surface area (Å²) in [5.41, 5.74) is 5.94. The number of aromatic nitrogens is 1. The number of nitrogens with zero attached hydrogens (tertiary/aromatic N) is 1. The molecule has 3 aromatic rings. The number of hydrogen-bond donors (Lipinski definition) is 1. The quantitative estimate of drug-likeness (QED) is 0.404. The third-order valence-electron chi connectivity index (χ3n) is 6.86. The number of ether oxygens (including phenoxy) is 1. The van der Waals surface area contributed by atoms with Gasteiger partial charge in [0, 0.05) is 11.8 Å². The molecule has 0 saturated carbocycles. The Morgan fingerprint density at radius 2 is 1.94 bits per heavy atom. The average molecular weight is 458 g/mol. The highest BCUT2D eigenvalue weighted by Gasteiger charge is 2.35. The van der Waals surface area contributed by atoms with Crippen LogP contribution >= 0.6 is 11.6 Å². The Balaban J connectivity index is 1.33. The molecule has 0 amide bonds. The predicted molar refractivity (Wildman–Crippen MR) is 132 cm³/mol. The van der Waals surface area contributed by atoms with E-state index in [1.54, 1.807) is 0 Å². The van der Waals surface area contributed by atoms with Crippen molar-refractivity contribution in [2.24, 2.45) is 5.92 Å². The fourth-order valence-electron chi connectivity index (χ4n) is 5.22. The maximum absolute atomic E-state index is 10.0. The molecule has 2 aromatic carbocycles. The lowest BCUT2D eigenvalue weighted by molar-refractivity contribution is 0.206. The van der Waals surface area contributed by atoms with Gasteiger partial charge in [-0.1, -0.05) is 48.5 Å². The molecule has 0 saturated heterocycles. The fraction of sp³-hybridized carbons (Fsp3) is 0.276. The highest BCUT2D eigenvalue weighted by Crippen LogP contribution is 2.49. The Morgan fingerprint density at radius 1 is 1.06 bits per heavy atom. The molecule has 1 aromatic heterocycles. The molecule has 2 aliphatic rings. The van der Waals surface area contributed by atoms with Crippen LogP contribution in [0, 0.1) is 5.92 Å². The van der Waals surface area contributed by atoms with Crippen molar-refractivity contribution in [3.8, 4) is 5.75 Å². The first-order valence-corrected chi connectivity index (χ1v) is 12.1. The Morgan fingerprint density at radius 3 is 2.67 bits per heavy atom. The van der Waals surface area contributed by atoms with Crippen molar-refractivity contribution in [3.63, 3.8) is 0 Å². The molecule has 0 fully saturated rings. The summed E-state index contributed by atoms with van der Waals surface area (Å²) < 4.78 is 6.04. The Hall–Kier alpha value is -3.04. The van der Waals surface area contributed by atoms with Gasteiger partial charge in [-0.3, -0.25) is 4.98 Å². The van der Waals surface area contributed by atoms with Gasteiger partial charge in [0.2, 0.25) is 0 Å². The van der Waals surface area contributed by atoms with Gasteiger partial charge in [-0.2, -0.15) is 0 Å². The van der Waals surface area contributed by atoms with E-state index in [1.165, 1.54) is 16.7 Å².